The van der Waals surface area contributed by atoms with Crippen molar-refractivity contribution in [3.63, 3.8) is 0 Å². The third-order valence-corrected chi connectivity index (χ3v) is 2.56. The van der Waals surface area contributed by atoms with Crippen LogP contribution in [0, 0.1) is 0 Å². The molecule has 0 heterocycles. The second kappa shape index (κ2) is 7.60. The van der Waals surface area contributed by atoms with E-state index < -0.39 is 0 Å². The van der Waals surface area contributed by atoms with Gasteiger partial charge in [-0.2, -0.15) is 0 Å². The van der Waals surface area contributed by atoms with Crippen LogP contribution in [-0.4, -0.2) is 59.4 Å². The average Bonchev–Trinajstić information content (AvgIpc) is 2.17. The molecule has 0 saturated carbocycles. The lowest BCUT2D eigenvalue weighted by Crippen LogP contribution is -2.48. The molecular formula is C11H24N2O3. The van der Waals surface area contributed by atoms with Crippen molar-refractivity contribution >= 4 is 5.91 Å². The molecule has 0 aliphatic carbocycles. The molecule has 0 spiro atoms. The molecule has 0 saturated heterocycles. The molecular weight excluding hydrogens is 208 g/mol. The third kappa shape index (κ3) is 6.76. The van der Waals surface area contributed by atoms with E-state index in [4.69, 9.17) is 10.2 Å². The summed E-state index contributed by atoms with van der Waals surface area (Å²) in [6, 6.07) is 0. The fourth-order valence-electron chi connectivity index (χ4n) is 1.26. The van der Waals surface area contributed by atoms with Crippen molar-refractivity contribution in [1.82, 2.24) is 10.2 Å². The Balaban J connectivity index is 4.08. The fourth-order valence-corrected chi connectivity index (χ4v) is 1.26. The largest absolute Gasteiger partial charge is 0.395 e. The zero-order chi connectivity index (χ0) is 12.6. The van der Waals surface area contributed by atoms with E-state index in [9.17, 15) is 4.79 Å². The zero-order valence-corrected chi connectivity index (χ0v) is 10.5. The van der Waals surface area contributed by atoms with Crippen molar-refractivity contribution in [2.24, 2.45) is 0 Å². The summed E-state index contributed by atoms with van der Waals surface area (Å²) < 4.78 is 0. The number of amides is 1. The highest BCUT2D eigenvalue weighted by Crippen LogP contribution is 2.06. The number of carbonyl (C=O) groups excluding carboxylic acids is 1. The molecule has 5 heteroatoms. The van der Waals surface area contributed by atoms with Gasteiger partial charge in [0.1, 0.15) is 0 Å². The van der Waals surface area contributed by atoms with Gasteiger partial charge < -0.3 is 15.5 Å². The number of nitrogens with zero attached hydrogens (tertiary/aromatic N) is 1. The monoisotopic (exact) mass is 232 g/mol. The van der Waals surface area contributed by atoms with Crippen molar-refractivity contribution in [1.29, 1.82) is 0 Å². The molecule has 0 unspecified atom stereocenters. The number of aliphatic hydroxyl groups excluding tert-OH is 2. The van der Waals surface area contributed by atoms with Crippen LogP contribution in [0.3, 0.4) is 0 Å². The highest BCUT2D eigenvalue weighted by atomic mass is 16.3. The van der Waals surface area contributed by atoms with Crippen LogP contribution in [0.4, 0.5) is 0 Å². The topological polar surface area (TPSA) is 72.8 Å². The molecule has 0 aliphatic rings. The molecule has 0 aliphatic heterocycles. The molecule has 0 radical (unpaired) electrons. The van der Waals surface area contributed by atoms with E-state index in [1.165, 1.54) is 0 Å². The predicted octanol–water partition coefficient (Wildman–Crippen LogP) is -0.422. The minimum absolute atomic E-state index is 0.00947. The molecule has 96 valence electrons. The Morgan fingerprint density at radius 2 is 1.75 bits per heavy atom. The van der Waals surface area contributed by atoms with Crippen molar-refractivity contribution < 1.29 is 15.0 Å². The van der Waals surface area contributed by atoms with E-state index in [0.29, 0.717) is 13.1 Å². The zero-order valence-electron chi connectivity index (χ0n) is 10.5. The molecule has 5 nitrogen and oxygen atoms in total. The summed E-state index contributed by atoms with van der Waals surface area (Å²) in [4.78, 5) is 13.4. The van der Waals surface area contributed by atoms with Gasteiger partial charge in [-0.1, -0.05) is 6.92 Å². The Kier molecular flexibility index (Phi) is 7.29. The van der Waals surface area contributed by atoms with Crippen LogP contribution in [0.2, 0.25) is 0 Å². The van der Waals surface area contributed by atoms with Gasteiger partial charge >= 0.3 is 0 Å². The van der Waals surface area contributed by atoms with Crippen molar-refractivity contribution in [2.45, 2.75) is 32.7 Å². The van der Waals surface area contributed by atoms with E-state index in [2.05, 4.69) is 5.32 Å². The lowest BCUT2D eigenvalue weighted by Gasteiger charge is -2.27. The molecule has 3 N–H and O–H groups in total. The van der Waals surface area contributed by atoms with Gasteiger partial charge in [-0.15, -0.1) is 0 Å². The predicted molar refractivity (Wildman–Crippen MR) is 63.1 cm³/mol. The quantitative estimate of drug-likeness (QED) is 0.531. The molecule has 0 atom stereocenters. The number of aliphatic hydroxyl groups is 2. The maximum Gasteiger partial charge on any atom is 0.234 e. The van der Waals surface area contributed by atoms with Gasteiger partial charge in [0, 0.05) is 18.6 Å². The second-order valence-electron chi connectivity index (χ2n) is 4.51. The summed E-state index contributed by atoms with van der Waals surface area (Å²) in [5.41, 5.74) is -0.207. The van der Waals surface area contributed by atoms with E-state index in [-0.39, 0.29) is 31.2 Å². The lowest BCUT2D eigenvalue weighted by molar-refractivity contribution is -0.124. The van der Waals surface area contributed by atoms with Gasteiger partial charge in [0.05, 0.1) is 19.8 Å². The van der Waals surface area contributed by atoms with Gasteiger partial charge in [0.2, 0.25) is 5.91 Å². The second-order valence-corrected chi connectivity index (χ2v) is 4.51. The van der Waals surface area contributed by atoms with E-state index in [1.807, 2.05) is 20.8 Å². The van der Waals surface area contributed by atoms with Gasteiger partial charge in [-0.05, 0) is 20.3 Å². The molecule has 1 amide bonds. The normalized spacial score (nSPS) is 11.9. The highest BCUT2D eigenvalue weighted by molar-refractivity contribution is 5.78. The summed E-state index contributed by atoms with van der Waals surface area (Å²) in [7, 11) is 0. The Morgan fingerprint density at radius 1 is 1.25 bits per heavy atom. The standard InChI is InChI=1S/C11H24N2O3/c1-4-11(2,3)12-10(16)9-13(5-7-14)6-8-15/h14-15H,4-9H2,1-3H3,(H,12,16). The molecule has 0 aromatic carbocycles. The summed E-state index contributed by atoms with van der Waals surface area (Å²) in [6.07, 6.45) is 0.860. The van der Waals surface area contributed by atoms with Gasteiger partial charge in [-0.25, -0.2) is 0 Å². The van der Waals surface area contributed by atoms with Gasteiger partial charge in [-0.3, -0.25) is 9.69 Å². The first-order valence-corrected chi connectivity index (χ1v) is 5.70. The Hall–Kier alpha value is -0.650. The Labute approximate surface area is 97.4 Å². The van der Waals surface area contributed by atoms with Gasteiger partial charge in [0.25, 0.3) is 0 Å². The van der Waals surface area contributed by atoms with Crippen LogP contribution in [0.25, 0.3) is 0 Å². The van der Waals surface area contributed by atoms with Crippen molar-refractivity contribution in [3.8, 4) is 0 Å². The van der Waals surface area contributed by atoms with Gasteiger partial charge in [0.15, 0.2) is 0 Å². The van der Waals surface area contributed by atoms with Crippen molar-refractivity contribution in [3.05, 3.63) is 0 Å². The maximum absolute atomic E-state index is 11.7. The number of carbonyl (C=O) groups is 1. The lowest BCUT2D eigenvalue weighted by atomic mass is 10.0. The first kappa shape index (κ1) is 15.3. The summed E-state index contributed by atoms with van der Waals surface area (Å²) in [5, 5.41) is 20.5. The molecule has 0 bridgehead atoms. The Bertz CT molecular complexity index is 201. The van der Waals surface area contributed by atoms with Crippen LogP contribution in [-0.2, 0) is 4.79 Å². The first-order chi connectivity index (χ1) is 7.45. The van der Waals surface area contributed by atoms with Crippen LogP contribution in [0.1, 0.15) is 27.2 Å². The van der Waals surface area contributed by atoms with Crippen LogP contribution < -0.4 is 5.32 Å². The molecule has 0 rings (SSSR count). The summed E-state index contributed by atoms with van der Waals surface area (Å²) >= 11 is 0. The third-order valence-electron chi connectivity index (χ3n) is 2.56. The molecule has 0 fully saturated rings. The van der Waals surface area contributed by atoms with E-state index >= 15 is 0 Å². The smallest absolute Gasteiger partial charge is 0.234 e. The SMILES string of the molecule is CCC(C)(C)NC(=O)CN(CCO)CCO. The van der Waals surface area contributed by atoms with Crippen LogP contribution in [0.5, 0.6) is 0 Å². The first-order valence-electron chi connectivity index (χ1n) is 5.70. The minimum Gasteiger partial charge on any atom is -0.395 e. The fraction of sp³-hybridized carbons (Fsp3) is 0.909. The minimum atomic E-state index is -0.207. The summed E-state index contributed by atoms with van der Waals surface area (Å²) in [6.45, 7) is 6.95. The summed E-state index contributed by atoms with van der Waals surface area (Å²) in [5.74, 6) is -0.0752. The van der Waals surface area contributed by atoms with Crippen LogP contribution in [0.15, 0.2) is 0 Å². The molecule has 0 aromatic heterocycles. The van der Waals surface area contributed by atoms with E-state index in [1.54, 1.807) is 4.90 Å². The van der Waals surface area contributed by atoms with Crippen LogP contribution >= 0.6 is 0 Å². The van der Waals surface area contributed by atoms with E-state index in [0.717, 1.165) is 6.42 Å². The number of hydrogen-bond acceptors (Lipinski definition) is 4. The highest BCUT2D eigenvalue weighted by Gasteiger charge is 2.19. The molecule has 0 aromatic rings. The molecule has 16 heavy (non-hydrogen) atoms. The average molecular weight is 232 g/mol. The maximum atomic E-state index is 11.7. The van der Waals surface area contributed by atoms with Crippen molar-refractivity contribution in [2.75, 3.05) is 32.8 Å². The Morgan fingerprint density at radius 3 is 2.12 bits per heavy atom. The number of rotatable bonds is 8. The number of hydrogen-bond donors (Lipinski definition) is 3. The number of nitrogens with one attached hydrogen (secondary N) is 1.